The monoisotopic (exact) mass is 244 g/mol. The molecule has 2 N–H and O–H groups in total. The molecule has 2 aromatic rings. The zero-order valence-corrected chi connectivity index (χ0v) is 10.6. The number of aryl methyl sites for hydroxylation is 1. The van der Waals surface area contributed by atoms with Crippen LogP contribution in [0, 0.1) is 5.92 Å². The van der Waals surface area contributed by atoms with E-state index in [2.05, 4.69) is 4.57 Å². The van der Waals surface area contributed by atoms with Gasteiger partial charge in [0.05, 0.1) is 13.0 Å². The van der Waals surface area contributed by atoms with Crippen molar-refractivity contribution in [3.05, 3.63) is 29.5 Å². The average molecular weight is 244 g/mol. The van der Waals surface area contributed by atoms with E-state index in [1.54, 1.807) is 0 Å². The third-order valence-electron chi connectivity index (χ3n) is 3.89. The van der Waals surface area contributed by atoms with Crippen molar-refractivity contribution in [2.24, 2.45) is 13.0 Å². The minimum atomic E-state index is -0.122. The molecule has 0 amide bonds. The first-order valence-corrected chi connectivity index (χ1v) is 6.05. The van der Waals surface area contributed by atoms with Crippen LogP contribution in [0.1, 0.15) is 11.3 Å². The normalized spacial score (nSPS) is 18.0. The Morgan fingerprint density at radius 1 is 1.44 bits per heavy atom. The zero-order chi connectivity index (χ0) is 12.9. The second-order valence-corrected chi connectivity index (χ2v) is 4.89. The molecule has 4 nitrogen and oxygen atoms in total. The Morgan fingerprint density at radius 3 is 2.94 bits per heavy atom. The number of ether oxygens (including phenoxy) is 1. The van der Waals surface area contributed by atoms with E-state index in [1.807, 2.05) is 25.2 Å². The number of aromatic nitrogens is 1. The number of carbonyl (C=O) groups is 1. The van der Waals surface area contributed by atoms with Crippen molar-refractivity contribution in [2.75, 3.05) is 12.8 Å². The van der Waals surface area contributed by atoms with Gasteiger partial charge >= 0.3 is 5.97 Å². The number of nitrogens with two attached hydrogens (primary N) is 1. The Morgan fingerprint density at radius 2 is 2.22 bits per heavy atom. The van der Waals surface area contributed by atoms with Crippen LogP contribution in [0.5, 0.6) is 0 Å². The van der Waals surface area contributed by atoms with Crippen molar-refractivity contribution in [3.8, 4) is 0 Å². The van der Waals surface area contributed by atoms with Gasteiger partial charge in [-0.25, -0.2) is 0 Å². The number of anilines is 1. The summed E-state index contributed by atoms with van der Waals surface area (Å²) in [5.74, 6) is -0.166. The number of esters is 1. The van der Waals surface area contributed by atoms with Crippen LogP contribution in [0.25, 0.3) is 10.9 Å². The molecule has 1 unspecified atom stereocenters. The molecule has 1 aliphatic carbocycles. The third kappa shape index (κ3) is 1.41. The highest BCUT2D eigenvalue weighted by Crippen LogP contribution is 2.36. The lowest BCUT2D eigenvalue weighted by molar-refractivity contribution is -0.145. The van der Waals surface area contributed by atoms with E-state index in [1.165, 1.54) is 29.3 Å². The van der Waals surface area contributed by atoms with Crippen LogP contribution in [-0.4, -0.2) is 17.6 Å². The molecule has 0 saturated carbocycles. The lowest BCUT2D eigenvalue weighted by Gasteiger charge is -2.08. The molecule has 0 radical (unpaired) electrons. The summed E-state index contributed by atoms with van der Waals surface area (Å²) in [4.78, 5) is 11.6. The smallest absolute Gasteiger partial charge is 0.309 e. The SMILES string of the molecule is COC(=O)C1Cc2c(n(C)c3ccc(N)cc23)C1. The predicted molar refractivity (Wildman–Crippen MR) is 70.2 cm³/mol. The molecule has 0 saturated heterocycles. The van der Waals surface area contributed by atoms with Gasteiger partial charge in [-0.1, -0.05) is 0 Å². The van der Waals surface area contributed by atoms with Gasteiger partial charge in [0, 0.05) is 35.8 Å². The summed E-state index contributed by atoms with van der Waals surface area (Å²) in [5.41, 5.74) is 10.3. The van der Waals surface area contributed by atoms with Crippen LogP contribution in [-0.2, 0) is 29.4 Å². The lowest BCUT2D eigenvalue weighted by atomic mass is 10.0. The largest absolute Gasteiger partial charge is 0.469 e. The Labute approximate surface area is 105 Å². The molecule has 1 heterocycles. The number of benzene rings is 1. The van der Waals surface area contributed by atoms with Crippen LogP contribution >= 0.6 is 0 Å². The molecule has 0 bridgehead atoms. The molecule has 0 fully saturated rings. The summed E-state index contributed by atoms with van der Waals surface area (Å²) in [6.45, 7) is 0. The highest BCUT2D eigenvalue weighted by molar-refractivity contribution is 5.90. The first-order valence-electron chi connectivity index (χ1n) is 6.05. The second-order valence-electron chi connectivity index (χ2n) is 4.89. The highest BCUT2D eigenvalue weighted by Gasteiger charge is 2.32. The van der Waals surface area contributed by atoms with Gasteiger partial charge in [-0.15, -0.1) is 0 Å². The van der Waals surface area contributed by atoms with Crippen LogP contribution in [0.15, 0.2) is 18.2 Å². The van der Waals surface area contributed by atoms with Crippen LogP contribution in [0.3, 0.4) is 0 Å². The summed E-state index contributed by atoms with van der Waals surface area (Å²) in [5, 5.41) is 1.17. The van der Waals surface area contributed by atoms with Gasteiger partial charge in [0.2, 0.25) is 0 Å². The molecule has 18 heavy (non-hydrogen) atoms. The van der Waals surface area contributed by atoms with E-state index in [4.69, 9.17) is 10.5 Å². The van der Waals surface area contributed by atoms with E-state index in [0.29, 0.717) is 0 Å². The maximum Gasteiger partial charge on any atom is 0.309 e. The van der Waals surface area contributed by atoms with Gasteiger partial charge in [-0.2, -0.15) is 0 Å². The summed E-state index contributed by atoms with van der Waals surface area (Å²) in [7, 11) is 3.48. The fourth-order valence-corrected chi connectivity index (χ4v) is 2.96. The maximum absolute atomic E-state index is 11.6. The molecule has 1 aromatic carbocycles. The Balaban J connectivity index is 2.12. The molecule has 0 spiro atoms. The zero-order valence-electron chi connectivity index (χ0n) is 10.6. The van der Waals surface area contributed by atoms with Gasteiger partial charge in [-0.3, -0.25) is 4.79 Å². The van der Waals surface area contributed by atoms with E-state index in [-0.39, 0.29) is 11.9 Å². The Hall–Kier alpha value is -1.97. The molecule has 94 valence electrons. The highest BCUT2D eigenvalue weighted by atomic mass is 16.5. The van der Waals surface area contributed by atoms with Crippen LogP contribution in [0.2, 0.25) is 0 Å². The fourth-order valence-electron chi connectivity index (χ4n) is 2.96. The molecule has 1 atom stereocenters. The van der Waals surface area contributed by atoms with E-state index < -0.39 is 0 Å². The standard InChI is InChI=1S/C14H16N2O2/c1-16-12-4-3-9(15)7-11(12)10-5-8(6-13(10)16)14(17)18-2/h3-4,7-8H,5-6,15H2,1-2H3. The topological polar surface area (TPSA) is 57.2 Å². The third-order valence-corrected chi connectivity index (χ3v) is 3.89. The first-order chi connectivity index (χ1) is 8.61. The van der Waals surface area contributed by atoms with Gasteiger partial charge in [0.1, 0.15) is 0 Å². The lowest BCUT2D eigenvalue weighted by Crippen LogP contribution is -2.17. The van der Waals surface area contributed by atoms with E-state index >= 15 is 0 Å². The number of nitrogen functional groups attached to an aromatic ring is 1. The minimum absolute atomic E-state index is 0.0444. The van der Waals surface area contributed by atoms with Crippen molar-refractivity contribution >= 4 is 22.6 Å². The number of carbonyl (C=O) groups excluding carboxylic acids is 1. The van der Waals surface area contributed by atoms with Crippen LogP contribution in [0.4, 0.5) is 5.69 Å². The van der Waals surface area contributed by atoms with Gasteiger partial charge in [0.25, 0.3) is 0 Å². The number of fused-ring (bicyclic) bond motifs is 3. The number of hydrogen-bond acceptors (Lipinski definition) is 3. The van der Waals surface area contributed by atoms with Gasteiger partial charge < -0.3 is 15.0 Å². The number of nitrogens with zero attached hydrogens (tertiary/aromatic N) is 1. The molecule has 1 aromatic heterocycles. The first kappa shape index (κ1) is 11.1. The maximum atomic E-state index is 11.6. The van der Waals surface area contributed by atoms with Gasteiger partial charge in [-0.05, 0) is 30.2 Å². The molecule has 4 heteroatoms. The van der Waals surface area contributed by atoms with Crippen LogP contribution < -0.4 is 5.73 Å². The average Bonchev–Trinajstić information content (AvgIpc) is 2.90. The molecule has 1 aliphatic rings. The fraction of sp³-hybridized carbons (Fsp3) is 0.357. The van der Waals surface area contributed by atoms with E-state index in [9.17, 15) is 4.79 Å². The van der Waals surface area contributed by atoms with Gasteiger partial charge in [0.15, 0.2) is 0 Å². The Kier molecular flexibility index (Phi) is 2.33. The number of methoxy groups -OCH3 is 1. The minimum Gasteiger partial charge on any atom is -0.469 e. The summed E-state index contributed by atoms with van der Waals surface area (Å²) in [6, 6.07) is 5.94. The van der Waals surface area contributed by atoms with E-state index in [0.717, 1.165) is 18.5 Å². The van der Waals surface area contributed by atoms with Crippen molar-refractivity contribution in [3.63, 3.8) is 0 Å². The number of rotatable bonds is 1. The predicted octanol–water partition coefficient (Wildman–Crippen LogP) is 1.65. The molecular weight excluding hydrogens is 228 g/mol. The van der Waals surface area contributed by atoms with Crippen molar-refractivity contribution in [2.45, 2.75) is 12.8 Å². The number of hydrogen-bond donors (Lipinski definition) is 1. The summed E-state index contributed by atoms with van der Waals surface area (Å²) in [6.07, 6.45) is 1.51. The Bertz CT molecular complexity index is 643. The molecule has 0 aliphatic heterocycles. The molecular formula is C14H16N2O2. The van der Waals surface area contributed by atoms with Crippen molar-refractivity contribution < 1.29 is 9.53 Å². The van der Waals surface area contributed by atoms with Crippen molar-refractivity contribution in [1.82, 2.24) is 4.57 Å². The molecule has 3 rings (SSSR count). The summed E-state index contributed by atoms with van der Waals surface area (Å²) < 4.78 is 7.00. The quantitative estimate of drug-likeness (QED) is 0.613. The van der Waals surface area contributed by atoms with Crippen molar-refractivity contribution in [1.29, 1.82) is 0 Å². The second kappa shape index (κ2) is 3.77. The summed E-state index contributed by atoms with van der Waals surface area (Å²) >= 11 is 0.